The van der Waals surface area contributed by atoms with Crippen molar-refractivity contribution in [3.8, 4) is 0 Å². The van der Waals surface area contributed by atoms with Gasteiger partial charge in [0, 0.05) is 28.9 Å². The maximum Gasteiger partial charge on any atom is 0.179 e. The summed E-state index contributed by atoms with van der Waals surface area (Å²) in [5, 5.41) is 4.25. The molecular weight excluding hydrogens is 390 g/mol. The summed E-state index contributed by atoms with van der Waals surface area (Å²) >= 11 is 3.47. The lowest BCUT2D eigenvalue weighted by atomic mass is 9.97. The van der Waals surface area contributed by atoms with Crippen molar-refractivity contribution in [1.82, 2.24) is 9.88 Å². The lowest BCUT2D eigenvalue weighted by Gasteiger charge is -2.29. The number of likely N-dealkylation sites (tertiary alicyclic amines) is 1. The smallest absolute Gasteiger partial charge is 0.179 e. The standard InChI is InChI=1S/C17H22BrN3O2S/c1-21-7-5-12(6-8-21)10-20-17-14-9-13(18)3-4-15(14)19-11-16(17)24(2,22)23/h3-4,9,11-12H,5-8,10H2,1-2H3,(H,19,20). The molecule has 0 spiro atoms. The van der Waals surface area contributed by atoms with E-state index >= 15 is 0 Å². The van der Waals surface area contributed by atoms with E-state index in [1.165, 1.54) is 12.5 Å². The number of hydrogen-bond donors (Lipinski definition) is 1. The summed E-state index contributed by atoms with van der Waals surface area (Å²) in [6.07, 6.45) is 4.95. The highest BCUT2D eigenvalue weighted by Crippen LogP contribution is 2.32. The molecule has 0 radical (unpaired) electrons. The van der Waals surface area contributed by atoms with Crippen LogP contribution in [0, 0.1) is 5.92 Å². The molecule has 0 amide bonds. The predicted molar refractivity (Wildman–Crippen MR) is 101 cm³/mol. The minimum Gasteiger partial charge on any atom is -0.383 e. The van der Waals surface area contributed by atoms with Crippen LogP contribution in [0.4, 0.5) is 5.69 Å². The van der Waals surface area contributed by atoms with E-state index in [1.807, 2.05) is 18.2 Å². The third-order valence-electron chi connectivity index (χ3n) is 4.60. The van der Waals surface area contributed by atoms with Crippen molar-refractivity contribution in [3.63, 3.8) is 0 Å². The Labute approximate surface area is 151 Å². The number of nitrogens with one attached hydrogen (secondary N) is 1. The van der Waals surface area contributed by atoms with Gasteiger partial charge in [0.05, 0.1) is 11.2 Å². The molecule has 2 aromatic rings. The maximum atomic E-state index is 12.2. The van der Waals surface area contributed by atoms with Gasteiger partial charge >= 0.3 is 0 Å². The fraction of sp³-hybridized carbons (Fsp3) is 0.471. The number of piperidine rings is 1. The number of halogens is 1. The molecule has 1 N–H and O–H groups in total. The predicted octanol–water partition coefficient (Wildman–Crippen LogP) is 3.15. The second-order valence-electron chi connectivity index (χ2n) is 6.56. The van der Waals surface area contributed by atoms with Gasteiger partial charge in [-0.1, -0.05) is 15.9 Å². The van der Waals surface area contributed by atoms with Crippen LogP contribution in [-0.4, -0.2) is 51.2 Å². The lowest BCUT2D eigenvalue weighted by Crippen LogP contribution is -2.33. The molecule has 1 aromatic carbocycles. The fourth-order valence-electron chi connectivity index (χ4n) is 3.12. The van der Waals surface area contributed by atoms with E-state index in [-0.39, 0.29) is 4.90 Å². The number of pyridine rings is 1. The van der Waals surface area contributed by atoms with Gasteiger partial charge in [-0.15, -0.1) is 0 Å². The van der Waals surface area contributed by atoms with Crippen molar-refractivity contribution in [2.24, 2.45) is 5.92 Å². The van der Waals surface area contributed by atoms with E-state index in [0.29, 0.717) is 11.6 Å². The van der Waals surface area contributed by atoms with Crippen molar-refractivity contribution in [2.45, 2.75) is 17.7 Å². The van der Waals surface area contributed by atoms with Crippen molar-refractivity contribution >= 4 is 42.4 Å². The molecule has 1 aliphatic rings. The van der Waals surface area contributed by atoms with Gasteiger partial charge in [0.2, 0.25) is 0 Å². The molecule has 130 valence electrons. The Morgan fingerprint density at radius 2 is 2.04 bits per heavy atom. The van der Waals surface area contributed by atoms with Gasteiger partial charge in [-0.3, -0.25) is 4.98 Å². The zero-order valence-electron chi connectivity index (χ0n) is 13.9. The Bertz CT molecular complexity index is 846. The van der Waals surface area contributed by atoms with Crippen LogP contribution in [0.3, 0.4) is 0 Å². The van der Waals surface area contributed by atoms with E-state index in [2.05, 4.69) is 38.2 Å². The Morgan fingerprint density at radius 3 is 2.71 bits per heavy atom. The third-order valence-corrected chi connectivity index (χ3v) is 6.20. The summed E-state index contributed by atoms with van der Waals surface area (Å²) in [4.78, 5) is 6.90. The van der Waals surface area contributed by atoms with Crippen LogP contribution in [-0.2, 0) is 9.84 Å². The largest absolute Gasteiger partial charge is 0.383 e. The first kappa shape index (κ1) is 17.6. The first-order valence-electron chi connectivity index (χ1n) is 8.05. The van der Waals surface area contributed by atoms with Crippen LogP contribution >= 0.6 is 15.9 Å². The molecule has 5 nitrogen and oxygen atoms in total. The lowest BCUT2D eigenvalue weighted by molar-refractivity contribution is 0.226. The Hall–Kier alpha value is -1.18. The van der Waals surface area contributed by atoms with Crippen LogP contribution < -0.4 is 5.32 Å². The molecular formula is C17H22BrN3O2S. The van der Waals surface area contributed by atoms with Crippen LogP contribution in [0.15, 0.2) is 33.8 Å². The average Bonchev–Trinajstić information content (AvgIpc) is 2.53. The number of aromatic nitrogens is 1. The quantitative estimate of drug-likeness (QED) is 0.836. The Morgan fingerprint density at radius 1 is 1.33 bits per heavy atom. The average molecular weight is 412 g/mol. The zero-order chi connectivity index (χ0) is 17.3. The van der Waals surface area contributed by atoms with Crippen molar-refractivity contribution < 1.29 is 8.42 Å². The minimum atomic E-state index is -3.35. The molecule has 1 saturated heterocycles. The van der Waals surface area contributed by atoms with Gasteiger partial charge < -0.3 is 10.2 Å². The van der Waals surface area contributed by atoms with Crippen LogP contribution in [0.5, 0.6) is 0 Å². The zero-order valence-corrected chi connectivity index (χ0v) is 16.3. The van der Waals surface area contributed by atoms with Crippen molar-refractivity contribution in [3.05, 3.63) is 28.9 Å². The van der Waals surface area contributed by atoms with Gasteiger partial charge in [0.1, 0.15) is 4.90 Å². The first-order valence-corrected chi connectivity index (χ1v) is 10.7. The van der Waals surface area contributed by atoms with Gasteiger partial charge in [0.25, 0.3) is 0 Å². The minimum absolute atomic E-state index is 0.265. The van der Waals surface area contributed by atoms with Crippen molar-refractivity contribution in [2.75, 3.05) is 38.3 Å². The van der Waals surface area contributed by atoms with Crippen LogP contribution in [0.25, 0.3) is 10.9 Å². The summed E-state index contributed by atoms with van der Waals surface area (Å²) in [7, 11) is -1.21. The van der Waals surface area contributed by atoms with Gasteiger partial charge in [-0.25, -0.2) is 8.42 Å². The number of benzene rings is 1. The molecule has 0 unspecified atom stereocenters. The molecule has 0 saturated carbocycles. The van der Waals surface area contributed by atoms with E-state index < -0.39 is 9.84 Å². The highest BCUT2D eigenvalue weighted by molar-refractivity contribution is 9.10. The monoisotopic (exact) mass is 411 g/mol. The molecule has 24 heavy (non-hydrogen) atoms. The summed E-state index contributed by atoms with van der Waals surface area (Å²) in [5.74, 6) is 0.559. The number of hydrogen-bond acceptors (Lipinski definition) is 5. The van der Waals surface area contributed by atoms with E-state index in [0.717, 1.165) is 47.9 Å². The summed E-state index contributed by atoms with van der Waals surface area (Å²) < 4.78 is 25.3. The molecule has 0 atom stereocenters. The fourth-order valence-corrected chi connectivity index (χ4v) is 4.28. The number of sulfone groups is 1. The molecule has 3 rings (SSSR count). The Kier molecular flexibility index (Phi) is 5.13. The van der Waals surface area contributed by atoms with E-state index in [9.17, 15) is 8.42 Å². The SMILES string of the molecule is CN1CCC(CNc2c(S(C)(=O)=O)cnc3ccc(Br)cc23)CC1. The normalized spacial score (nSPS) is 17.3. The Balaban J connectivity index is 1.95. The second kappa shape index (κ2) is 6.98. The summed E-state index contributed by atoms with van der Waals surface area (Å²) in [6, 6.07) is 5.73. The number of rotatable bonds is 4. The number of fused-ring (bicyclic) bond motifs is 1. The van der Waals surface area contributed by atoms with E-state index in [1.54, 1.807) is 0 Å². The molecule has 2 heterocycles. The molecule has 7 heteroatoms. The summed E-state index contributed by atoms with van der Waals surface area (Å²) in [5.41, 5.74) is 1.46. The molecule has 1 fully saturated rings. The highest BCUT2D eigenvalue weighted by atomic mass is 79.9. The molecule has 1 aromatic heterocycles. The van der Waals surface area contributed by atoms with Gasteiger partial charge in [-0.05, 0) is 57.1 Å². The van der Waals surface area contributed by atoms with Gasteiger partial charge in [0.15, 0.2) is 9.84 Å². The van der Waals surface area contributed by atoms with Crippen molar-refractivity contribution in [1.29, 1.82) is 0 Å². The van der Waals surface area contributed by atoms with Crippen LogP contribution in [0.2, 0.25) is 0 Å². The first-order chi connectivity index (χ1) is 11.3. The number of anilines is 1. The topological polar surface area (TPSA) is 62.3 Å². The maximum absolute atomic E-state index is 12.2. The molecule has 0 bridgehead atoms. The molecule has 0 aliphatic carbocycles. The second-order valence-corrected chi connectivity index (χ2v) is 9.46. The van der Waals surface area contributed by atoms with E-state index in [4.69, 9.17) is 0 Å². The molecule has 1 aliphatic heterocycles. The van der Waals surface area contributed by atoms with Crippen LogP contribution in [0.1, 0.15) is 12.8 Å². The van der Waals surface area contributed by atoms with Gasteiger partial charge in [-0.2, -0.15) is 0 Å². The third kappa shape index (κ3) is 3.90. The number of nitrogens with zero attached hydrogens (tertiary/aromatic N) is 2. The highest BCUT2D eigenvalue weighted by Gasteiger charge is 2.20. The summed E-state index contributed by atoms with van der Waals surface area (Å²) in [6.45, 7) is 2.96.